The number of hydrogen-bond acceptors (Lipinski definition) is 4. The van der Waals surface area contributed by atoms with E-state index in [1.54, 1.807) is 36.4 Å². The summed E-state index contributed by atoms with van der Waals surface area (Å²) in [6.07, 6.45) is 0. The van der Waals surface area contributed by atoms with Crippen LogP contribution < -0.4 is 10.6 Å². The summed E-state index contributed by atoms with van der Waals surface area (Å²) >= 11 is 11.6. The van der Waals surface area contributed by atoms with Crippen molar-refractivity contribution in [2.45, 2.75) is 6.61 Å². The Kier molecular flexibility index (Phi) is 5.81. The second-order valence-electron chi connectivity index (χ2n) is 6.59. The lowest BCUT2D eigenvalue weighted by atomic mass is 10.1. The van der Waals surface area contributed by atoms with Crippen molar-refractivity contribution in [2.24, 2.45) is 0 Å². The van der Waals surface area contributed by atoms with Gasteiger partial charge in [-0.05, 0) is 65.5 Å². The number of rotatable bonds is 4. The minimum absolute atomic E-state index is 0.164. The second-order valence-corrected chi connectivity index (χ2v) is 7.40. The van der Waals surface area contributed by atoms with Gasteiger partial charge in [-0.25, -0.2) is 0 Å². The molecule has 7 heteroatoms. The Morgan fingerprint density at radius 1 is 1.00 bits per heavy atom. The number of carbonyl (C=O) groups excluding carboxylic acids is 1. The Morgan fingerprint density at radius 3 is 2.53 bits per heavy atom. The number of hydrogen-bond donors (Lipinski definition) is 3. The highest BCUT2D eigenvalue weighted by atomic mass is 35.5. The van der Waals surface area contributed by atoms with Gasteiger partial charge in [-0.2, -0.15) is 0 Å². The van der Waals surface area contributed by atoms with Gasteiger partial charge in [0.2, 0.25) is 0 Å². The van der Waals surface area contributed by atoms with Gasteiger partial charge in [0.05, 0.1) is 5.02 Å². The topological polar surface area (TPSA) is 74.5 Å². The summed E-state index contributed by atoms with van der Waals surface area (Å²) in [4.78, 5) is 12.5. The zero-order valence-corrected chi connectivity index (χ0v) is 17.3. The summed E-state index contributed by atoms with van der Waals surface area (Å²) in [5.74, 6) is 0.719. The lowest BCUT2D eigenvalue weighted by Crippen LogP contribution is -2.34. The number of aliphatic hydroxyl groups is 1. The lowest BCUT2D eigenvalue weighted by molar-refractivity contribution is 0.0978. The summed E-state index contributed by atoms with van der Waals surface area (Å²) in [5.41, 5.74) is 1.83. The molecular formula is C23H17ClN2O3S. The Morgan fingerprint density at radius 2 is 1.80 bits per heavy atom. The van der Waals surface area contributed by atoms with Gasteiger partial charge in [-0.1, -0.05) is 41.9 Å². The molecule has 4 aromatic rings. The quantitative estimate of drug-likeness (QED) is 0.375. The van der Waals surface area contributed by atoms with Crippen molar-refractivity contribution in [3.8, 4) is 11.3 Å². The molecule has 3 aromatic carbocycles. The predicted octanol–water partition coefficient (Wildman–Crippen LogP) is 5.37. The van der Waals surface area contributed by atoms with Crippen molar-refractivity contribution in [3.05, 3.63) is 89.1 Å². The average molecular weight is 437 g/mol. The maximum atomic E-state index is 12.5. The number of aliphatic hydroxyl groups excluding tert-OH is 1. The van der Waals surface area contributed by atoms with Gasteiger partial charge < -0.3 is 14.8 Å². The molecule has 0 unspecified atom stereocenters. The first-order valence-electron chi connectivity index (χ1n) is 9.14. The molecular weight excluding hydrogens is 420 g/mol. The molecule has 0 aliphatic heterocycles. The van der Waals surface area contributed by atoms with Gasteiger partial charge in [0.25, 0.3) is 5.91 Å². The molecule has 0 fully saturated rings. The number of nitrogens with one attached hydrogen (secondary N) is 2. The summed E-state index contributed by atoms with van der Waals surface area (Å²) < 4.78 is 5.52. The summed E-state index contributed by atoms with van der Waals surface area (Å²) in [5, 5.41) is 17.4. The number of carbonyl (C=O) groups is 1. The molecule has 1 amide bonds. The third kappa shape index (κ3) is 4.36. The molecule has 1 heterocycles. The van der Waals surface area contributed by atoms with E-state index >= 15 is 0 Å². The average Bonchev–Trinajstić information content (AvgIpc) is 3.22. The molecule has 0 spiro atoms. The third-order valence-electron chi connectivity index (χ3n) is 4.55. The summed E-state index contributed by atoms with van der Waals surface area (Å²) in [7, 11) is 0. The smallest absolute Gasteiger partial charge is 0.257 e. The van der Waals surface area contributed by atoms with Crippen molar-refractivity contribution in [1.29, 1.82) is 0 Å². The van der Waals surface area contributed by atoms with E-state index in [0.29, 0.717) is 33.4 Å². The first kappa shape index (κ1) is 20.1. The van der Waals surface area contributed by atoms with E-state index in [4.69, 9.17) is 33.3 Å². The lowest BCUT2D eigenvalue weighted by Gasteiger charge is -2.11. The zero-order chi connectivity index (χ0) is 21.1. The number of halogens is 1. The number of thiocarbonyl (C=S) groups is 1. The third-order valence-corrected chi connectivity index (χ3v) is 5.07. The Labute approximate surface area is 183 Å². The molecule has 0 aliphatic rings. The van der Waals surface area contributed by atoms with Crippen molar-refractivity contribution < 1.29 is 14.3 Å². The van der Waals surface area contributed by atoms with Crippen LogP contribution in [0.3, 0.4) is 0 Å². The van der Waals surface area contributed by atoms with Gasteiger partial charge in [0, 0.05) is 16.8 Å². The van der Waals surface area contributed by atoms with Crippen LogP contribution in [0.1, 0.15) is 16.1 Å². The SMILES string of the molecule is O=C(NC(=S)Nc1ccc(-c2ccc(CO)o2)c(Cl)c1)c1ccc2ccccc2c1. The highest BCUT2D eigenvalue weighted by molar-refractivity contribution is 7.80. The maximum absolute atomic E-state index is 12.5. The maximum Gasteiger partial charge on any atom is 0.257 e. The Hall–Kier alpha value is -3.19. The van der Waals surface area contributed by atoms with E-state index in [1.807, 2.05) is 36.4 Å². The molecule has 4 rings (SSSR count). The van der Waals surface area contributed by atoms with Gasteiger partial charge in [0.15, 0.2) is 5.11 Å². The minimum Gasteiger partial charge on any atom is -0.459 e. The van der Waals surface area contributed by atoms with Crippen LogP contribution in [0.25, 0.3) is 22.1 Å². The predicted molar refractivity (Wildman–Crippen MR) is 123 cm³/mol. The van der Waals surface area contributed by atoms with E-state index in [0.717, 1.165) is 10.8 Å². The van der Waals surface area contributed by atoms with Gasteiger partial charge in [0.1, 0.15) is 18.1 Å². The van der Waals surface area contributed by atoms with Crippen molar-refractivity contribution in [2.75, 3.05) is 5.32 Å². The number of benzene rings is 3. The fourth-order valence-corrected chi connectivity index (χ4v) is 3.55. The van der Waals surface area contributed by atoms with Crippen LogP contribution in [0, 0.1) is 0 Å². The van der Waals surface area contributed by atoms with Gasteiger partial charge in [-0.3, -0.25) is 10.1 Å². The van der Waals surface area contributed by atoms with E-state index in [1.165, 1.54) is 0 Å². The molecule has 0 aliphatic carbocycles. The monoisotopic (exact) mass is 436 g/mol. The minimum atomic E-state index is -0.298. The van der Waals surface area contributed by atoms with Crippen molar-refractivity contribution >= 4 is 51.3 Å². The molecule has 0 saturated heterocycles. The van der Waals surface area contributed by atoms with E-state index in [2.05, 4.69) is 10.6 Å². The van der Waals surface area contributed by atoms with Crippen LogP contribution in [0.4, 0.5) is 5.69 Å². The highest BCUT2D eigenvalue weighted by Gasteiger charge is 2.12. The van der Waals surface area contributed by atoms with Crippen LogP contribution in [-0.4, -0.2) is 16.1 Å². The van der Waals surface area contributed by atoms with Crippen LogP contribution in [0.5, 0.6) is 0 Å². The number of anilines is 1. The molecule has 30 heavy (non-hydrogen) atoms. The molecule has 1 aromatic heterocycles. The van der Waals surface area contributed by atoms with E-state index < -0.39 is 0 Å². The zero-order valence-electron chi connectivity index (χ0n) is 15.7. The Balaban J connectivity index is 1.44. The molecule has 3 N–H and O–H groups in total. The highest BCUT2D eigenvalue weighted by Crippen LogP contribution is 2.31. The van der Waals surface area contributed by atoms with Crippen LogP contribution in [0.2, 0.25) is 5.02 Å². The first-order valence-corrected chi connectivity index (χ1v) is 9.93. The first-order chi connectivity index (χ1) is 14.5. The van der Waals surface area contributed by atoms with Gasteiger partial charge in [-0.15, -0.1) is 0 Å². The fourth-order valence-electron chi connectivity index (χ4n) is 3.07. The summed E-state index contributed by atoms with van der Waals surface area (Å²) in [6, 6.07) is 22.0. The van der Waals surface area contributed by atoms with Crippen LogP contribution in [-0.2, 0) is 6.61 Å². The van der Waals surface area contributed by atoms with Crippen molar-refractivity contribution in [1.82, 2.24) is 5.32 Å². The fraction of sp³-hybridized carbons (Fsp3) is 0.0435. The standard InChI is InChI=1S/C23H17ClN2O3S/c24-20-12-17(7-9-19(20)21-10-8-18(13-27)29-21)25-23(30)26-22(28)16-6-5-14-3-1-2-4-15(14)11-16/h1-12,27H,13H2,(H2,25,26,28,30). The number of amides is 1. The Bertz CT molecular complexity index is 1250. The molecule has 0 atom stereocenters. The normalized spacial score (nSPS) is 10.7. The van der Waals surface area contributed by atoms with Crippen LogP contribution in [0.15, 0.2) is 77.2 Å². The van der Waals surface area contributed by atoms with E-state index in [9.17, 15) is 4.79 Å². The van der Waals surface area contributed by atoms with E-state index in [-0.39, 0.29) is 17.6 Å². The molecule has 5 nitrogen and oxygen atoms in total. The number of fused-ring (bicyclic) bond motifs is 1. The number of furan rings is 1. The molecule has 0 saturated carbocycles. The van der Waals surface area contributed by atoms with Crippen molar-refractivity contribution in [3.63, 3.8) is 0 Å². The second kappa shape index (κ2) is 8.67. The molecule has 150 valence electrons. The molecule has 0 bridgehead atoms. The molecule has 0 radical (unpaired) electrons. The van der Waals surface area contributed by atoms with Gasteiger partial charge >= 0.3 is 0 Å². The summed E-state index contributed by atoms with van der Waals surface area (Å²) in [6.45, 7) is -0.178. The largest absolute Gasteiger partial charge is 0.459 e. The van der Waals surface area contributed by atoms with Crippen LogP contribution >= 0.6 is 23.8 Å².